The molecule has 0 spiro atoms. The molecule has 0 aliphatic rings. The first-order valence-corrected chi connectivity index (χ1v) is 6.16. The topological polar surface area (TPSA) is 30.7 Å². The van der Waals surface area contributed by atoms with Crippen molar-refractivity contribution in [3.05, 3.63) is 11.4 Å². The van der Waals surface area contributed by atoms with Crippen LogP contribution in [0.5, 0.6) is 0 Å². The standard InChI is InChI=1S/C12H18F5N3/c1-7(2)20-8(6-10(3,4)5)9(18-19-20)11(13,14)12(15,16)17/h7H,6H2,1-5H3. The molecule has 1 aromatic rings. The van der Waals surface area contributed by atoms with Crippen LogP contribution in [0.25, 0.3) is 0 Å². The van der Waals surface area contributed by atoms with Gasteiger partial charge in [-0.05, 0) is 25.7 Å². The molecule has 1 rings (SSSR count). The lowest BCUT2D eigenvalue weighted by molar-refractivity contribution is -0.291. The number of halogens is 5. The smallest absolute Gasteiger partial charge is 0.246 e. The zero-order valence-corrected chi connectivity index (χ0v) is 12.0. The van der Waals surface area contributed by atoms with E-state index in [9.17, 15) is 22.0 Å². The van der Waals surface area contributed by atoms with Crippen LogP contribution in [0.3, 0.4) is 0 Å². The van der Waals surface area contributed by atoms with Gasteiger partial charge in [0.15, 0.2) is 5.69 Å². The Labute approximate surface area is 114 Å². The fourth-order valence-electron chi connectivity index (χ4n) is 1.77. The molecule has 0 saturated carbocycles. The minimum Gasteiger partial charge on any atom is -0.246 e. The van der Waals surface area contributed by atoms with Crippen LogP contribution >= 0.6 is 0 Å². The number of hydrogen-bond acceptors (Lipinski definition) is 2. The van der Waals surface area contributed by atoms with E-state index in [-0.39, 0.29) is 18.2 Å². The molecule has 0 radical (unpaired) electrons. The van der Waals surface area contributed by atoms with E-state index in [1.54, 1.807) is 34.6 Å². The molecule has 0 unspecified atom stereocenters. The summed E-state index contributed by atoms with van der Waals surface area (Å²) in [6.45, 7) is 8.55. The summed E-state index contributed by atoms with van der Waals surface area (Å²) < 4.78 is 65.7. The summed E-state index contributed by atoms with van der Waals surface area (Å²) in [6, 6.07) is -0.349. The molecule has 0 aliphatic carbocycles. The van der Waals surface area contributed by atoms with Crippen LogP contribution in [0.4, 0.5) is 22.0 Å². The van der Waals surface area contributed by atoms with Crippen LogP contribution in [0.2, 0.25) is 0 Å². The Morgan fingerprint density at radius 1 is 1.05 bits per heavy atom. The van der Waals surface area contributed by atoms with E-state index in [0.29, 0.717) is 0 Å². The van der Waals surface area contributed by atoms with Gasteiger partial charge in [0.1, 0.15) is 0 Å². The van der Waals surface area contributed by atoms with Crippen LogP contribution in [0.15, 0.2) is 0 Å². The van der Waals surface area contributed by atoms with Crippen LogP contribution in [-0.4, -0.2) is 21.2 Å². The molecular formula is C12H18F5N3. The lowest BCUT2D eigenvalue weighted by atomic mass is 9.89. The molecular weight excluding hydrogens is 281 g/mol. The Morgan fingerprint density at radius 2 is 1.55 bits per heavy atom. The second-order valence-electron chi connectivity index (χ2n) is 6.23. The predicted molar refractivity (Wildman–Crippen MR) is 63.5 cm³/mol. The van der Waals surface area contributed by atoms with E-state index in [4.69, 9.17) is 0 Å². The Balaban J connectivity index is 3.42. The Hall–Kier alpha value is -1.21. The summed E-state index contributed by atoms with van der Waals surface area (Å²) >= 11 is 0. The van der Waals surface area contributed by atoms with Crippen LogP contribution in [0.1, 0.15) is 52.0 Å². The number of nitrogens with zero attached hydrogens (tertiary/aromatic N) is 3. The third-order valence-electron chi connectivity index (χ3n) is 2.63. The Morgan fingerprint density at radius 3 is 1.90 bits per heavy atom. The minimum absolute atomic E-state index is 0.0270. The Bertz CT molecular complexity index is 468. The molecule has 3 nitrogen and oxygen atoms in total. The van der Waals surface area contributed by atoms with Gasteiger partial charge in [0.05, 0.1) is 5.69 Å². The quantitative estimate of drug-likeness (QED) is 0.787. The van der Waals surface area contributed by atoms with Crippen LogP contribution < -0.4 is 0 Å². The first-order chi connectivity index (χ1) is 8.77. The van der Waals surface area contributed by atoms with Crippen molar-refractivity contribution in [3.63, 3.8) is 0 Å². The van der Waals surface area contributed by atoms with E-state index in [2.05, 4.69) is 10.3 Å². The molecule has 1 aromatic heterocycles. The molecule has 0 amide bonds. The second-order valence-corrected chi connectivity index (χ2v) is 6.23. The van der Waals surface area contributed by atoms with Gasteiger partial charge < -0.3 is 0 Å². The fraction of sp³-hybridized carbons (Fsp3) is 0.833. The molecule has 1 heterocycles. The fourth-order valence-corrected chi connectivity index (χ4v) is 1.77. The van der Waals surface area contributed by atoms with Gasteiger partial charge >= 0.3 is 12.1 Å². The highest BCUT2D eigenvalue weighted by Gasteiger charge is 2.62. The maximum absolute atomic E-state index is 13.5. The highest BCUT2D eigenvalue weighted by molar-refractivity contribution is 5.20. The summed E-state index contributed by atoms with van der Waals surface area (Å²) in [4.78, 5) is 0. The van der Waals surface area contributed by atoms with Crippen molar-refractivity contribution >= 4 is 0 Å². The average molecular weight is 299 g/mol. The van der Waals surface area contributed by atoms with Crippen molar-refractivity contribution in [1.82, 2.24) is 15.0 Å². The monoisotopic (exact) mass is 299 g/mol. The maximum Gasteiger partial charge on any atom is 0.459 e. The van der Waals surface area contributed by atoms with Crippen molar-refractivity contribution in [3.8, 4) is 0 Å². The molecule has 0 fully saturated rings. The summed E-state index contributed by atoms with van der Waals surface area (Å²) in [7, 11) is 0. The van der Waals surface area contributed by atoms with E-state index in [0.717, 1.165) is 4.68 Å². The maximum atomic E-state index is 13.5. The van der Waals surface area contributed by atoms with Crippen molar-refractivity contribution in [1.29, 1.82) is 0 Å². The van der Waals surface area contributed by atoms with Gasteiger partial charge in [-0.15, -0.1) is 5.10 Å². The molecule has 0 aromatic carbocycles. The van der Waals surface area contributed by atoms with Crippen molar-refractivity contribution in [2.75, 3.05) is 0 Å². The first-order valence-electron chi connectivity index (χ1n) is 6.16. The normalized spacial score (nSPS) is 14.2. The number of alkyl halides is 5. The first kappa shape index (κ1) is 16.8. The summed E-state index contributed by atoms with van der Waals surface area (Å²) in [5.41, 5.74) is -1.94. The predicted octanol–water partition coefficient (Wildman–Crippen LogP) is 4.10. The van der Waals surface area contributed by atoms with Gasteiger partial charge in [-0.3, -0.25) is 0 Å². The van der Waals surface area contributed by atoms with Gasteiger partial charge in [0.2, 0.25) is 0 Å². The zero-order valence-electron chi connectivity index (χ0n) is 12.0. The summed E-state index contributed by atoms with van der Waals surface area (Å²) in [6.07, 6.45) is -5.66. The largest absolute Gasteiger partial charge is 0.459 e. The summed E-state index contributed by atoms with van der Waals surface area (Å²) in [5.74, 6) is -5.00. The SMILES string of the molecule is CC(C)n1nnc(C(F)(F)C(F)(F)F)c1CC(C)(C)C. The molecule has 116 valence electrons. The van der Waals surface area contributed by atoms with Gasteiger partial charge in [-0.1, -0.05) is 26.0 Å². The third kappa shape index (κ3) is 3.27. The van der Waals surface area contributed by atoms with Crippen LogP contribution in [0, 0.1) is 5.41 Å². The van der Waals surface area contributed by atoms with E-state index >= 15 is 0 Å². The van der Waals surface area contributed by atoms with Crippen molar-refractivity contribution < 1.29 is 22.0 Å². The second kappa shape index (κ2) is 4.96. The number of aromatic nitrogens is 3. The lowest BCUT2D eigenvalue weighted by Crippen LogP contribution is -2.35. The van der Waals surface area contributed by atoms with Gasteiger partial charge in [0, 0.05) is 6.04 Å². The highest BCUT2D eigenvalue weighted by atomic mass is 19.4. The molecule has 0 N–H and O–H groups in total. The van der Waals surface area contributed by atoms with Crippen molar-refractivity contribution in [2.45, 2.75) is 59.2 Å². The molecule has 0 aliphatic heterocycles. The van der Waals surface area contributed by atoms with E-state index in [1.807, 2.05) is 0 Å². The van der Waals surface area contributed by atoms with Crippen molar-refractivity contribution in [2.24, 2.45) is 5.41 Å². The highest BCUT2D eigenvalue weighted by Crippen LogP contribution is 2.45. The Kier molecular flexibility index (Phi) is 4.18. The molecule has 0 saturated heterocycles. The zero-order chi connectivity index (χ0) is 15.9. The number of rotatable bonds is 3. The third-order valence-corrected chi connectivity index (χ3v) is 2.63. The van der Waals surface area contributed by atoms with Gasteiger partial charge in [0.25, 0.3) is 0 Å². The van der Waals surface area contributed by atoms with E-state index in [1.165, 1.54) is 0 Å². The summed E-state index contributed by atoms with van der Waals surface area (Å²) in [5, 5.41) is 6.57. The van der Waals surface area contributed by atoms with Gasteiger partial charge in [-0.25, -0.2) is 4.68 Å². The average Bonchev–Trinajstić information content (AvgIpc) is 2.56. The van der Waals surface area contributed by atoms with Gasteiger partial charge in [-0.2, -0.15) is 22.0 Å². The molecule has 8 heteroatoms. The van der Waals surface area contributed by atoms with E-state index < -0.39 is 23.2 Å². The minimum atomic E-state index is -5.68. The molecule has 0 atom stereocenters. The lowest BCUT2D eigenvalue weighted by Gasteiger charge is -2.23. The molecule has 0 bridgehead atoms. The van der Waals surface area contributed by atoms with Crippen LogP contribution in [-0.2, 0) is 12.3 Å². The number of hydrogen-bond donors (Lipinski definition) is 0. The molecule has 20 heavy (non-hydrogen) atoms.